The van der Waals surface area contributed by atoms with Gasteiger partial charge in [0.15, 0.2) is 0 Å². The lowest BCUT2D eigenvalue weighted by molar-refractivity contribution is -0.122. The van der Waals surface area contributed by atoms with E-state index in [9.17, 15) is 9.90 Å². The van der Waals surface area contributed by atoms with Crippen molar-refractivity contribution in [3.63, 3.8) is 0 Å². The Morgan fingerprint density at radius 1 is 1.38 bits per heavy atom. The van der Waals surface area contributed by atoms with Gasteiger partial charge in [-0.15, -0.1) is 0 Å². The van der Waals surface area contributed by atoms with Crippen LogP contribution in [0.2, 0.25) is 0 Å². The van der Waals surface area contributed by atoms with Gasteiger partial charge in [0.25, 0.3) is 0 Å². The molecule has 0 radical (unpaired) electrons. The topological polar surface area (TPSA) is 40.5 Å². The van der Waals surface area contributed by atoms with Gasteiger partial charge in [-0.25, -0.2) is 0 Å². The van der Waals surface area contributed by atoms with Gasteiger partial charge in [-0.3, -0.25) is 4.79 Å². The monoisotopic (exact) mass is 219 g/mol. The van der Waals surface area contributed by atoms with E-state index in [0.29, 0.717) is 12.2 Å². The van der Waals surface area contributed by atoms with Crippen molar-refractivity contribution in [1.29, 1.82) is 0 Å². The number of phenolic OH excluding ortho intramolecular Hbond substituents is 1. The first-order valence-electron chi connectivity index (χ1n) is 5.55. The molecule has 1 aliphatic heterocycles. The zero-order chi connectivity index (χ0) is 12.1. The molecule has 0 saturated heterocycles. The summed E-state index contributed by atoms with van der Waals surface area (Å²) in [5.41, 5.74) is 2.06. The molecule has 1 aliphatic rings. The van der Waals surface area contributed by atoms with Gasteiger partial charge in [-0.2, -0.15) is 0 Å². The molecular weight excluding hydrogens is 202 g/mol. The second kappa shape index (κ2) is 3.24. The zero-order valence-corrected chi connectivity index (χ0v) is 10.2. The molecular formula is C13H17NO2. The molecule has 0 spiro atoms. The van der Waals surface area contributed by atoms with Crippen molar-refractivity contribution in [2.24, 2.45) is 0 Å². The van der Waals surface area contributed by atoms with Crippen LogP contribution in [-0.4, -0.2) is 17.6 Å². The van der Waals surface area contributed by atoms with E-state index in [1.807, 2.05) is 33.8 Å². The molecule has 0 aliphatic carbocycles. The minimum absolute atomic E-state index is 0.0610. The maximum absolute atomic E-state index is 12.2. The Kier molecular flexibility index (Phi) is 2.22. The van der Waals surface area contributed by atoms with Gasteiger partial charge < -0.3 is 10.0 Å². The van der Waals surface area contributed by atoms with E-state index in [0.717, 1.165) is 11.1 Å². The van der Waals surface area contributed by atoms with Crippen LogP contribution >= 0.6 is 0 Å². The third kappa shape index (κ3) is 1.24. The zero-order valence-electron chi connectivity index (χ0n) is 10.2. The van der Waals surface area contributed by atoms with Gasteiger partial charge in [0, 0.05) is 6.54 Å². The van der Waals surface area contributed by atoms with Gasteiger partial charge in [0.1, 0.15) is 5.75 Å². The molecule has 2 rings (SSSR count). The average Bonchev–Trinajstić information content (AvgIpc) is 2.38. The molecule has 3 nitrogen and oxygen atoms in total. The predicted molar refractivity (Wildman–Crippen MR) is 63.9 cm³/mol. The molecule has 0 aromatic heterocycles. The van der Waals surface area contributed by atoms with E-state index >= 15 is 0 Å². The first-order chi connectivity index (χ1) is 7.39. The van der Waals surface area contributed by atoms with E-state index < -0.39 is 5.41 Å². The average molecular weight is 219 g/mol. The predicted octanol–water partition coefficient (Wildman–Crippen LogP) is 2.34. The number of aromatic hydroxyl groups is 1. The van der Waals surface area contributed by atoms with Crippen LogP contribution in [0.1, 0.15) is 31.9 Å². The van der Waals surface area contributed by atoms with Gasteiger partial charge in [0.2, 0.25) is 5.91 Å². The molecule has 0 saturated carbocycles. The van der Waals surface area contributed by atoms with Crippen molar-refractivity contribution in [3.8, 4) is 5.75 Å². The van der Waals surface area contributed by atoms with Crippen molar-refractivity contribution >= 4 is 11.6 Å². The highest BCUT2D eigenvalue weighted by molar-refractivity contribution is 6.09. The number of amides is 1. The number of aryl methyl sites for hydroxylation is 1. The van der Waals surface area contributed by atoms with E-state index in [-0.39, 0.29) is 11.7 Å². The fraction of sp³-hybridized carbons (Fsp3) is 0.462. The summed E-state index contributed by atoms with van der Waals surface area (Å²) in [5.74, 6) is 0.265. The highest BCUT2D eigenvalue weighted by atomic mass is 16.3. The quantitative estimate of drug-likeness (QED) is 0.787. The highest BCUT2D eigenvalue weighted by Gasteiger charge is 2.44. The Bertz CT molecular complexity index is 463. The number of benzene rings is 1. The largest absolute Gasteiger partial charge is 0.506 e. The number of nitrogens with zero attached hydrogens (tertiary/aromatic N) is 1. The standard InChI is InChI=1S/C13H17NO2/c1-5-14-11-9(13(3,4)12(14)16)6-8(2)7-10(11)15/h6-7,15H,5H2,1-4H3. The maximum Gasteiger partial charge on any atom is 0.237 e. The van der Waals surface area contributed by atoms with Gasteiger partial charge in [-0.1, -0.05) is 6.07 Å². The highest BCUT2D eigenvalue weighted by Crippen LogP contribution is 2.46. The summed E-state index contributed by atoms with van der Waals surface area (Å²) >= 11 is 0. The first kappa shape index (κ1) is 11.0. The van der Waals surface area contributed by atoms with Crippen molar-refractivity contribution in [1.82, 2.24) is 0 Å². The Labute approximate surface area is 95.7 Å². The molecule has 1 N–H and O–H groups in total. The second-order valence-corrected chi connectivity index (χ2v) is 4.85. The number of carbonyl (C=O) groups excluding carboxylic acids is 1. The Morgan fingerprint density at radius 3 is 2.56 bits per heavy atom. The maximum atomic E-state index is 12.2. The number of hydrogen-bond donors (Lipinski definition) is 1. The summed E-state index contributed by atoms with van der Waals surface area (Å²) in [7, 11) is 0. The van der Waals surface area contributed by atoms with Crippen molar-refractivity contribution in [3.05, 3.63) is 23.3 Å². The lowest BCUT2D eigenvalue weighted by Crippen LogP contribution is -2.35. The molecule has 0 bridgehead atoms. The summed E-state index contributed by atoms with van der Waals surface area (Å²) in [4.78, 5) is 13.9. The summed E-state index contributed by atoms with van der Waals surface area (Å²) in [6, 6.07) is 3.69. The molecule has 3 heteroatoms. The Hall–Kier alpha value is -1.51. The molecule has 1 amide bonds. The van der Waals surface area contributed by atoms with Gasteiger partial charge >= 0.3 is 0 Å². The van der Waals surface area contributed by atoms with Crippen LogP contribution in [0.5, 0.6) is 5.75 Å². The number of fused-ring (bicyclic) bond motifs is 1. The molecule has 0 unspecified atom stereocenters. The number of rotatable bonds is 1. The van der Waals surface area contributed by atoms with Crippen LogP contribution in [0.15, 0.2) is 12.1 Å². The summed E-state index contributed by atoms with van der Waals surface area (Å²) in [5, 5.41) is 9.97. The molecule has 86 valence electrons. The fourth-order valence-electron chi connectivity index (χ4n) is 2.38. The van der Waals surface area contributed by atoms with Crippen molar-refractivity contribution in [2.45, 2.75) is 33.1 Å². The molecule has 1 aromatic rings. The molecule has 1 aromatic carbocycles. The Morgan fingerprint density at radius 2 is 2.00 bits per heavy atom. The van der Waals surface area contributed by atoms with E-state index in [1.165, 1.54) is 0 Å². The molecule has 16 heavy (non-hydrogen) atoms. The second-order valence-electron chi connectivity index (χ2n) is 4.85. The SMILES string of the molecule is CCN1C(=O)C(C)(C)c2cc(C)cc(O)c21. The van der Waals surface area contributed by atoms with Crippen LogP contribution in [0, 0.1) is 6.92 Å². The van der Waals surface area contributed by atoms with Crippen LogP contribution in [0.3, 0.4) is 0 Å². The van der Waals surface area contributed by atoms with Crippen LogP contribution in [0.4, 0.5) is 5.69 Å². The van der Waals surface area contributed by atoms with Crippen LogP contribution < -0.4 is 4.90 Å². The third-order valence-electron chi connectivity index (χ3n) is 3.27. The lowest BCUT2D eigenvalue weighted by atomic mass is 9.85. The normalized spacial score (nSPS) is 17.8. The molecule has 1 heterocycles. The van der Waals surface area contributed by atoms with E-state index in [1.54, 1.807) is 11.0 Å². The number of carbonyl (C=O) groups is 1. The van der Waals surface area contributed by atoms with Crippen LogP contribution in [0.25, 0.3) is 0 Å². The minimum atomic E-state index is -0.533. The smallest absolute Gasteiger partial charge is 0.237 e. The summed E-state index contributed by atoms with van der Waals surface area (Å²) in [6.07, 6.45) is 0. The van der Waals surface area contributed by atoms with Gasteiger partial charge in [-0.05, 0) is 44.9 Å². The summed E-state index contributed by atoms with van der Waals surface area (Å²) < 4.78 is 0. The Balaban J connectivity index is 2.74. The van der Waals surface area contributed by atoms with Crippen LogP contribution in [-0.2, 0) is 10.2 Å². The number of phenols is 1. The first-order valence-corrected chi connectivity index (χ1v) is 5.55. The molecule has 0 atom stereocenters. The number of anilines is 1. The van der Waals surface area contributed by atoms with Gasteiger partial charge in [0.05, 0.1) is 11.1 Å². The third-order valence-corrected chi connectivity index (χ3v) is 3.27. The van der Waals surface area contributed by atoms with Crippen molar-refractivity contribution in [2.75, 3.05) is 11.4 Å². The fourth-order valence-corrected chi connectivity index (χ4v) is 2.38. The number of likely N-dealkylation sites (N-methyl/N-ethyl adjacent to an activating group) is 1. The van der Waals surface area contributed by atoms with Crippen molar-refractivity contribution < 1.29 is 9.90 Å². The van der Waals surface area contributed by atoms with E-state index in [4.69, 9.17) is 0 Å². The van der Waals surface area contributed by atoms with E-state index in [2.05, 4.69) is 0 Å². The lowest BCUT2D eigenvalue weighted by Gasteiger charge is -2.18. The number of hydrogen-bond acceptors (Lipinski definition) is 2. The minimum Gasteiger partial charge on any atom is -0.506 e. The molecule has 0 fully saturated rings. The summed E-state index contributed by atoms with van der Waals surface area (Å²) in [6.45, 7) is 8.24.